The number of nitrogens with zero attached hydrogens (tertiary/aromatic N) is 3. The first-order valence-electron chi connectivity index (χ1n) is 10.4. The van der Waals surface area contributed by atoms with E-state index in [0.29, 0.717) is 47.2 Å². The normalized spacial score (nSPS) is 13.8. The molecule has 0 spiro atoms. The Morgan fingerprint density at radius 2 is 1.76 bits per heavy atom. The predicted octanol–water partition coefficient (Wildman–Crippen LogP) is 3.87. The van der Waals surface area contributed by atoms with Crippen LogP contribution in [0.25, 0.3) is 11.3 Å². The third kappa shape index (κ3) is 4.91. The first-order chi connectivity index (χ1) is 16.0. The summed E-state index contributed by atoms with van der Waals surface area (Å²) in [5, 5.41) is 21.6. The maximum Gasteiger partial charge on any atom is 0.306 e. The number of carbonyl (C=O) groups is 3. The summed E-state index contributed by atoms with van der Waals surface area (Å²) in [6.45, 7) is 0.731. The van der Waals surface area contributed by atoms with Crippen molar-refractivity contribution < 1.29 is 19.5 Å². The number of rotatable bonds is 5. The molecular formula is C24H20N4O4S. The molecule has 2 aromatic carbocycles. The van der Waals surface area contributed by atoms with Gasteiger partial charge < -0.3 is 10.0 Å². The Morgan fingerprint density at radius 1 is 1.06 bits per heavy atom. The third-order valence-electron chi connectivity index (χ3n) is 5.50. The molecule has 33 heavy (non-hydrogen) atoms. The van der Waals surface area contributed by atoms with Gasteiger partial charge in [-0.3, -0.25) is 19.7 Å². The molecule has 1 fully saturated rings. The summed E-state index contributed by atoms with van der Waals surface area (Å²) in [5.41, 5.74) is 1.94. The van der Waals surface area contributed by atoms with E-state index in [2.05, 4.69) is 16.4 Å². The number of carbonyl (C=O) groups excluding carboxylic acids is 2. The van der Waals surface area contributed by atoms with Gasteiger partial charge in [-0.25, -0.2) is 4.98 Å². The first kappa shape index (κ1) is 22.2. The molecule has 9 heteroatoms. The second kappa shape index (κ2) is 9.63. The van der Waals surface area contributed by atoms with E-state index >= 15 is 0 Å². The molecule has 4 rings (SSSR count). The van der Waals surface area contributed by atoms with Crippen molar-refractivity contribution in [3.63, 3.8) is 0 Å². The highest BCUT2D eigenvalue weighted by atomic mass is 32.1. The van der Waals surface area contributed by atoms with Crippen LogP contribution in [0.15, 0.2) is 54.6 Å². The van der Waals surface area contributed by atoms with Crippen LogP contribution in [-0.2, 0) is 4.79 Å². The lowest BCUT2D eigenvalue weighted by Gasteiger charge is -2.30. The molecule has 2 N–H and O–H groups in total. The number of thiazole rings is 1. The minimum absolute atomic E-state index is 0.235. The lowest BCUT2D eigenvalue weighted by molar-refractivity contribution is -0.143. The summed E-state index contributed by atoms with van der Waals surface area (Å²) in [5.74, 6) is -1.94. The molecule has 0 unspecified atom stereocenters. The van der Waals surface area contributed by atoms with E-state index in [1.165, 1.54) is 6.07 Å². The van der Waals surface area contributed by atoms with Crippen molar-refractivity contribution in [3.05, 3.63) is 70.6 Å². The molecule has 1 saturated heterocycles. The number of hydrogen-bond donors (Lipinski definition) is 2. The smallest absolute Gasteiger partial charge is 0.306 e. The quantitative estimate of drug-likeness (QED) is 0.596. The van der Waals surface area contributed by atoms with Gasteiger partial charge in [-0.1, -0.05) is 47.7 Å². The Balaban J connectivity index is 1.48. The molecule has 0 saturated carbocycles. The molecule has 1 aliphatic rings. The Bertz CT molecular complexity index is 1240. The van der Waals surface area contributed by atoms with Crippen LogP contribution < -0.4 is 5.32 Å². The van der Waals surface area contributed by atoms with Crippen LogP contribution in [-0.4, -0.2) is 45.9 Å². The van der Waals surface area contributed by atoms with E-state index in [1.54, 1.807) is 23.1 Å². The van der Waals surface area contributed by atoms with Crippen molar-refractivity contribution in [1.82, 2.24) is 9.88 Å². The SMILES string of the molecule is N#Cc1sc(NC(=O)c2cccc(C(=O)N3CCC(C(=O)O)CC3)c2)nc1-c1ccccc1. The highest BCUT2D eigenvalue weighted by Crippen LogP contribution is 2.30. The van der Waals surface area contributed by atoms with Crippen LogP contribution >= 0.6 is 11.3 Å². The Hall–Kier alpha value is -4.03. The zero-order valence-corrected chi connectivity index (χ0v) is 18.3. The lowest BCUT2D eigenvalue weighted by atomic mass is 9.96. The number of likely N-dealkylation sites (tertiary alicyclic amines) is 1. The van der Waals surface area contributed by atoms with Gasteiger partial charge in [0.1, 0.15) is 16.6 Å². The molecule has 166 valence electrons. The maximum atomic E-state index is 12.9. The molecule has 0 bridgehead atoms. The van der Waals surface area contributed by atoms with Crippen molar-refractivity contribution in [2.45, 2.75) is 12.8 Å². The summed E-state index contributed by atoms with van der Waals surface area (Å²) < 4.78 is 0. The van der Waals surface area contributed by atoms with Gasteiger partial charge in [-0.05, 0) is 31.0 Å². The number of carboxylic acids is 1. The van der Waals surface area contributed by atoms with Gasteiger partial charge in [0.25, 0.3) is 11.8 Å². The number of benzene rings is 2. The Labute approximate surface area is 194 Å². The van der Waals surface area contributed by atoms with Gasteiger partial charge >= 0.3 is 5.97 Å². The van der Waals surface area contributed by atoms with Gasteiger partial charge in [0.15, 0.2) is 5.13 Å². The van der Waals surface area contributed by atoms with Gasteiger partial charge in [-0.15, -0.1) is 0 Å². The summed E-state index contributed by atoms with van der Waals surface area (Å²) in [6, 6.07) is 17.7. The fourth-order valence-corrected chi connectivity index (χ4v) is 4.50. The molecule has 8 nitrogen and oxygen atoms in total. The number of nitriles is 1. The van der Waals surface area contributed by atoms with Crippen molar-refractivity contribution in [1.29, 1.82) is 5.26 Å². The summed E-state index contributed by atoms with van der Waals surface area (Å²) >= 11 is 1.09. The standard InChI is InChI=1S/C24H20N4O4S/c25-14-19-20(15-5-2-1-3-6-15)26-24(33-19)27-21(29)17-7-4-8-18(13-17)22(30)28-11-9-16(10-12-28)23(31)32/h1-8,13,16H,9-12H2,(H,31,32)(H,26,27,29). The first-order valence-corrected chi connectivity index (χ1v) is 11.2. The number of aromatic nitrogens is 1. The molecule has 0 aliphatic carbocycles. The minimum atomic E-state index is -0.835. The lowest BCUT2D eigenvalue weighted by Crippen LogP contribution is -2.40. The summed E-state index contributed by atoms with van der Waals surface area (Å²) in [4.78, 5) is 43.2. The zero-order valence-electron chi connectivity index (χ0n) is 17.5. The van der Waals surface area contributed by atoms with Crippen LogP contribution in [0.3, 0.4) is 0 Å². The van der Waals surface area contributed by atoms with E-state index in [0.717, 1.165) is 16.9 Å². The molecule has 0 atom stereocenters. The fourth-order valence-electron chi connectivity index (χ4n) is 3.72. The highest BCUT2D eigenvalue weighted by molar-refractivity contribution is 7.16. The van der Waals surface area contributed by atoms with Gasteiger partial charge in [0.2, 0.25) is 0 Å². The van der Waals surface area contributed by atoms with Gasteiger partial charge in [0, 0.05) is 29.8 Å². The number of hydrogen-bond acceptors (Lipinski definition) is 6. The largest absolute Gasteiger partial charge is 0.481 e. The van der Waals surface area contributed by atoms with Crippen LogP contribution in [0.1, 0.15) is 38.4 Å². The monoisotopic (exact) mass is 460 g/mol. The van der Waals surface area contributed by atoms with Crippen LogP contribution in [0.2, 0.25) is 0 Å². The summed E-state index contributed by atoms with van der Waals surface area (Å²) in [6.07, 6.45) is 0.826. The molecular weight excluding hydrogens is 440 g/mol. The fraction of sp³-hybridized carbons (Fsp3) is 0.208. The van der Waals surface area contributed by atoms with Crippen LogP contribution in [0.4, 0.5) is 5.13 Å². The van der Waals surface area contributed by atoms with E-state index in [1.807, 2.05) is 30.3 Å². The van der Waals surface area contributed by atoms with E-state index in [-0.39, 0.29) is 11.5 Å². The van der Waals surface area contributed by atoms with Gasteiger partial charge in [-0.2, -0.15) is 5.26 Å². The number of aliphatic carboxylic acids is 1. The van der Waals surface area contributed by atoms with E-state index < -0.39 is 17.8 Å². The van der Waals surface area contributed by atoms with Crippen molar-refractivity contribution in [3.8, 4) is 17.3 Å². The third-order valence-corrected chi connectivity index (χ3v) is 6.37. The zero-order chi connectivity index (χ0) is 23.4. The Morgan fingerprint density at radius 3 is 2.42 bits per heavy atom. The van der Waals surface area contributed by atoms with Gasteiger partial charge in [0.05, 0.1) is 5.92 Å². The van der Waals surface area contributed by atoms with E-state index in [9.17, 15) is 19.6 Å². The molecule has 1 aliphatic heterocycles. The van der Waals surface area contributed by atoms with Crippen LogP contribution in [0.5, 0.6) is 0 Å². The molecule has 1 aromatic heterocycles. The summed E-state index contributed by atoms with van der Waals surface area (Å²) in [7, 11) is 0. The van der Waals surface area contributed by atoms with Crippen molar-refractivity contribution >= 4 is 34.3 Å². The number of anilines is 1. The number of amides is 2. The predicted molar refractivity (Wildman–Crippen MR) is 123 cm³/mol. The van der Waals surface area contributed by atoms with Crippen LogP contribution in [0, 0.1) is 17.2 Å². The number of nitrogens with one attached hydrogen (secondary N) is 1. The second-order valence-corrected chi connectivity index (χ2v) is 8.61. The molecule has 2 amide bonds. The molecule has 2 heterocycles. The second-order valence-electron chi connectivity index (χ2n) is 7.61. The van der Waals surface area contributed by atoms with E-state index in [4.69, 9.17) is 5.11 Å². The number of piperidine rings is 1. The number of carboxylic acid groups (broad SMARTS) is 1. The Kier molecular flexibility index (Phi) is 6.47. The molecule has 3 aromatic rings. The molecule has 0 radical (unpaired) electrons. The highest BCUT2D eigenvalue weighted by Gasteiger charge is 2.27. The van der Waals surface area contributed by atoms with Crippen molar-refractivity contribution in [2.24, 2.45) is 5.92 Å². The average molecular weight is 461 g/mol. The maximum absolute atomic E-state index is 12.9. The topological polar surface area (TPSA) is 123 Å². The van der Waals surface area contributed by atoms with Crippen molar-refractivity contribution in [2.75, 3.05) is 18.4 Å². The average Bonchev–Trinajstić information content (AvgIpc) is 3.27. The minimum Gasteiger partial charge on any atom is -0.481 e.